The standard InChI is InChI=1S/C12H21NO4S/c1-3-4-5-18-7-10(14)13-8-12(2,9-13)17-6-11(15)16/h3-9H2,1-2H3,(H,15,16). The summed E-state index contributed by atoms with van der Waals surface area (Å²) >= 11 is 1.66. The van der Waals surface area contributed by atoms with Gasteiger partial charge in [-0.1, -0.05) is 13.3 Å². The van der Waals surface area contributed by atoms with E-state index < -0.39 is 11.6 Å². The van der Waals surface area contributed by atoms with Crippen molar-refractivity contribution in [2.24, 2.45) is 0 Å². The maximum Gasteiger partial charge on any atom is 0.329 e. The van der Waals surface area contributed by atoms with Crippen LogP contribution < -0.4 is 0 Å². The lowest BCUT2D eigenvalue weighted by atomic mass is 9.96. The SMILES string of the molecule is CCCCSCC(=O)N1CC(C)(OCC(=O)O)C1. The number of unbranched alkanes of at least 4 members (excludes halogenated alkanes) is 1. The number of likely N-dealkylation sites (tertiary alicyclic amines) is 1. The average Bonchev–Trinajstić information content (AvgIpc) is 2.28. The van der Waals surface area contributed by atoms with Crippen molar-refractivity contribution in [2.75, 3.05) is 31.2 Å². The van der Waals surface area contributed by atoms with E-state index in [1.165, 1.54) is 0 Å². The van der Waals surface area contributed by atoms with E-state index in [1.807, 2.05) is 6.92 Å². The van der Waals surface area contributed by atoms with E-state index in [0.29, 0.717) is 18.8 Å². The van der Waals surface area contributed by atoms with Crippen LogP contribution in [0.3, 0.4) is 0 Å². The molecule has 1 amide bonds. The summed E-state index contributed by atoms with van der Waals surface area (Å²) in [5.41, 5.74) is -0.484. The van der Waals surface area contributed by atoms with Gasteiger partial charge >= 0.3 is 5.97 Å². The van der Waals surface area contributed by atoms with Crippen LogP contribution in [-0.2, 0) is 14.3 Å². The molecule has 0 saturated carbocycles. The molecule has 18 heavy (non-hydrogen) atoms. The van der Waals surface area contributed by atoms with Gasteiger partial charge in [-0.2, -0.15) is 11.8 Å². The van der Waals surface area contributed by atoms with Gasteiger partial charge in [-0.15, -0.1) is 0 Å². The lowest BCUT2D eigenvalue weighted by molar-refractivity contribution is -0.171. The van der Waals surface area contributed by atoms with Crippen molar-refractivity contribution in [3.63, 3.8) is 0 Å². The highest BCUT2D eigenvalue weighted by atomic mass is 32.2. The van der Waals surface area contributed by atoms with E-state index in [-0.39, 0.29) is 12.5 Å². The van der Waals surface area contributed by atoms with E-state index >= 15 is 0 Å². The Kier molecular flexibility index (Phi) is 5.95. The second kappa shape index (κ2) is 6.99. The zero-order valence-electron chi connectivity index (χ0n) is 11.0. The number of ether oxygens (including phenoxy) is 1. The lowest BCUT2D eigenvalue weighted by Crippen LogP contribution is -2.63. The minimum Gasteiger partial charge on any atom is -0.480 e. The number of rotatable bonds is 8. The first-order valence-corrected chi connectivity index (χ1v) is 7.33. The van der Waals surface area contributed by atoms with Crippen molar-refractivity contribution < 1.29 is 19.4 Å². The third-order valence-electron chi connectivity index (χ3n) is 2.82. The van der Waals surface area contributed by atoms with Gasteiger partial charge in [0.2, 0.25) is 5.91 Å². The van der Waals surface area contributed by atoms with Gasteiger partial charge in [0.05, 0.1) is 18.8 Å². The number of carboxylic acids is 1. The highest BCUT2D eigenvalue weighted by molar-refractivity contribution is 7.99. The molecule has 1 aliphatic heterocycles. The molecule has 6 heteroatoms. The van der Waals surface area contributed by atoms with E-state index in [4.69, 9.17) is 9.84 Å². The molecule has 5 nitrogen and oxygen atoms in total. The minimum absolute atomic E-state index is 0.118. The van der Waals surface area contributed by atoms with Gasteiger partial charge in [0.15, 0.2) is 0 Å². The number of nitrogens with zero attached hydrogens (tertiary/aromatic N) is 1. The zero-order chi connectivity index (χ0) is 13.6. The molecule has 0 aromatic carbocycles. The first kappa shape index (κ1) is 15.3. The molecule has 0 aromatic rings. The fourth-order valence-corrected chi connectivity index (χ4v) is 2.76. The van der Waals surface area contributed by atoms with Crippen LogP contribution in [0.4, 0.5) is 0 Å². The first-order valence-electron chi connectivity index (χ1n) is 6.18. The van der Waals surface area contributed by atoms with Gasteiger partial charge in [-0.3, -0.25) is 4.79 Å². The molecule has 0 aromatic heterocycles. The number of hydrogen-bond donors (Lipinski definition) is 1. The molecule has 0 radical (unpaired) electrons. The summed E-state index contributed by atoms with van der Waals surface area (Å²) < 4.78 is 5.25. The molecule has 0 bridgehead atoms. The lowest BCUT2D eigenvalue weighted by Gasteiger charge is -2.47. The largest absolute Gasteiger partial charge is 0.480 e. The average molecular weight is 275 g/mol. The first-order chi connectivity index (χ1) is 8.47. The topological polar surface area (TPSA) is 66.8 Å². The van der Waals surface area contributed by atoms with Gasteiger partial charge in [0, 0.05) is 0 Å². The number of aliphatic carboxylic acids is 1. The van der Waals surface area contributed by atoms with Crippen LogP contribution in [0, 0.1) is 0 Å². The maximum absolute atomic E-state index is 11.7. The Morgan fingerprint density at radius 3 is 2.67 bits per heavy atom. The Bertz CT molecular complexity index is 302. The number of carbonyl (C=O) groups excluding carboxylic acids is 1. The van der Waals surface area contributed by atoms with Gasteiger partial charge in [-0.25, -0.2) is 4.79 Å². The molecule has 0 aliphatic carbocycles. The Labute approximate surface area is 112 Å². The molecule has 1 N–H and O–H groups in total. The monoisotopic (exact) mass is 275 g/mol. The summed E-state index contributed by atoms with van der Waals surface area (Å²) in [5.74, 6) is 0.668. The summed E-state index contributed by atoms with van der Waals surface area (Å²) in [6.07, 6.45) is 2.28. The number of amides is 1. The van der Waals surface area contributed by atoms with E-state index in [0.717, 1.165) is 18.6 Å². The van der Waals surface area contributed by atoms with Gasteiger partial charge < -0.3 is 14.7 Å². The summed E-state index contributed by atoms with van der Waals surface area (Å²) in [4.78, 5) is 23.9. The number of hydrogen-bond acceptors (Lipinski definition) is 4. The van der Waals surface area contributed by atoms with Crippen molar-refractivity contribution in [3.8, 4) is 0 Å². The van der Waals surface area contributed by atoms with Crippen LogP contribution in [0.1, 0.15) is 26.7 Å². The Morgan fingerprint density at radius 2 is 2.11 bits per heavy atom. The van der Waals surface area contributed by atoms with Gasteiger partial charge in [-0.05, 0) is 19.1 Å². The van der Waals surface area contributed by atoms with Crippen LogP contribution in [0.25, 0.3) is 0 Å². The predicted octanol–water partition coefficient (Wildman–Crippen LogP) is 1.22. The van der Waals surface area contributed by atoms with Crippen molar-refractivity contribution in [2.45, 2.75) is 32.3 Å². The minimum atomic E-state index is -0.976. The molecule has 1 saturated heterocycles. The molecule has 0 spiro atoms. The van der Waals surface area contributed by atoms with Crippen molar-refractivity contribution in [3.05, 3.63) is 0 Å². The molecule has 1 rings (SSSR count). The Morgan fingerprint density at radius 1 is 1.44 bits per heavy atom. The van der Waals surface area contributed by atoms with Crippen molar-refractivity contribution in [1.82, 2.24) is 4.90 Å². The van der Waals surface area contributed by atoms with E-state index in [2.05, 4.69) is 6.92 Å². The molecule has 1 fully saturated rings. The van der Waals surface area contributed by atoms with Crippen LogP contribution in [0.2, 0.25) is 0 Å². The molecule has 104 valence electrons. The second-order valence-corrected chi connectivity index (χ2v) is 5.89. The number of carboxylic acid groups (broad SMARTS) is 1. The van der Waals surface area contributed by atoms with Crippen LogP contribution in [0.5, 0.6) is 0 Å². The Hall–Kier alpha value is -0.750. The fraction of sp³-hybridized carbons (Fsp3) is 0.833. The van der Waals surface area contributed by atoms with Crippen LogP contribution >= 0.6 is 11.8 Å². The summed E-state index contributed by atoms with van der Waals surface area (Å²) in [7, 11) is 0. The maximum atomic E-state index is 11.7. The summed E-state index contributed by atoms with van der Waals surface area (Å²) in [6.45, 7) is 4.65. The molecule has 0 atom stereocenters. The number of thioether (sulfide) groups is 1. The van der Waals surface area contributed by atoms with Crippen molar-refractivity contribution in [1.29, 1.82) is 0 Å². The normalized spacial score (nSPS) is 17.3. The van der Waals surface area contributed by atoms with Crippen LogP contribution in [0.15, 0.2) is 0 Å². The third kappa shape index (κ3) is 4.86. The highest BCUT2D eigenvalue weighted by Gasteiger charge is 2.42. The molecular weight excluding hydrogens is 254 g/mol. The molecule has 1 aliphatic rings. The predicted molar refractivity (Wildman–Crippen MR) is 70.8 cm³/mol. The van der Waals surface area contributed by atoms with Crippen molar-refractivity contribution >= 4 is 23.6 Å². The zero-order valence-corrected chi connectivity index (χ0v) is 11.8. The quantitative estimate of drug-likeness (QED) is 0.675. The fourth-order valence-electron chi connectivity index (χ4n) is 1.76. The summed E-state index contributed by atoms with van der Waals surface area (Å²) in [6, 6.07) is 0. The molecular formula is C12H21NO4S. The van der Waals surface area contributed by atoms with Gasteiger partial charge in [0.25, 0.3) is 0 Å². The highest BCUT2D eigenvalue weighted by Crippen LogP contribution is 2.25. The van der Waals surface area contributed by atoms with E-state index in [9.17, 15) is 9.59 Å². The van der Waals surface area contributed by atoms with Gasteiger partial charge in [0.1, 0.15) is 12.2 Å². The second-order valence-electron chi connectivity index (χ2n) is 4.79. The Balaban J connectivity index is 2.16. The van der Waals surface area contributed by atoms with Crippen LogP contribution in [-0.4, -0.2) is 58.7 Å². The summed E-state index contributed by atoms with van der Waals surface area (Å²) in [5, 5.41) is 8.53. The van der Waals surface area contributed by atoms with E-state index in [1.54, 1.807) is 16.7 Å². The third-order valence-corrected chi connectivity index (χ3v) is 3.84. The smallest absolute Gasteiger partial charge is 0.329 e. The molecule has 0 unspecified atom stereocenters. The number of carbonyl (C=O) groups is 2. The molecule has 1 heterocycles.